The minimum Gasteiger partial charge on any atom is -0.494 e. The lowest BCUT2D eigenvalue weighted by Gasteiger charge is -2.31. The molecule has 0 aromatic heterocycles. The predicted octanol–water partition coefficient (Wildman–Crippen LogP) is 3.03. The monoisotopic (exact) mass is 397 g/mol. The van der Waals surface area contributed by atoms with Gasteiger partial charge in [-0.2, -0.15) is 0 Å². The van der Waals surface area contributed by atoms with E-state index in [9.17, 15) is 9.59 Å². The number of amides is 2. The van der Waals surface area contributed by atoms with Crippen LogP contribution in [0.3, 0.4) is 0 Å². The lowest BCUT2D eigenvalue weighted by Crippen LogP contribution is -2.52. The van der Waals surface area contributed by atoms with Crippen LogP contribution >= 0.6 is 12.4 Å². The van der Waals surface area contributed by atoms with Gasteiger partial charge in [-0.3, -0.25) is 9.59 Å². The number of aryl methyl sites for hydroxylation is 1. The summed E-state index contributed by atoms with van der Waals surface area (Å²) in [5.41, 5.74) is 7.43. The summed E-state index contributed by atoms with van der Waals surface area (Å²) >= 11 is 0. The fraction of sp³-hybridized carbons (Fsp3) is 0.600. The van der Waals surface area contributed by atoms with E-state index in [2.05, 4.69) is 24.5 Å². The van der Waals surface area contributed by atoms with E-state index >= 15 is 0 Å². The molecule has 0 bridgehead atoms. The van der Waals surface area contributed by atoms with Crippen molar-refractivity contribution in [2.45, 2.75) is 58.4 Å². The molecule has 1 aromatic carbocycles. The number of benzene rings is 1. The van der Waals surface area contributed by atoms with Gasteiger partial charge in [0, 0.05) is 30.6 Å². The number of halogens is 1. The minimum absolute atomic E-state index is 0. The summed E-state index contributed by atoms with van der Waals surface area (Å²) in [4.78, 5) is 23.5. The molecular weight excluding hydrogens is 366 g/mol. The molecule has 0 saturated heterocycles. The van der Waals surface area contributed by atoms with E-state index in [1.807, 2.05) is 25.1 Å². The third kappa shape index (κ3) is 7.39. The van der Waals surface area contributed by atoms with Gasteiger partial charge in [-0.25, -0.2) is 0 Å². The van der Waals surface area contributed by atoms with Gasteiger partial charge in [-0.15, -0.1) is 12.4 Å². The molecule has 152 valence electrons. The van der Waals surface area contributed by atoms with Crippen molar-refractivity contribution in [1.29, 1.82) is 0 Å². The van der Waals surface area contributed by atoms with Gasteiger partial charge in [-0.1, -0.05) is 13.8 Å². The topological polar surface area (TPSA) is 93.4 Å². The first-order valence-electron chi connectivity index (χ1n) is 9.38. The molecule has 0 spiro atoms. The number of ether oxygens (including phenoxy) is 1. The Morgan fingerprint density at radius 1 is 1.37 bits per heavy atom. The molecule has 7 heteroatoms. The Labute approximate surface area is 168 Å². The van der Waals surface area contributed by atoms with Gasteiger partial charge in [0.25, 0.3) is 0 Å². The molecule has 0 saturated carbocycles. The number of anilines is 1. The largest absolute Gasteiger partial charge is 0.494 e. The maximum atomic E-state index is 12.2. The lowest BCUT2D eigenvalue weighted by atomic mass is 9.90. The van der Waals surface area contributed by atoms with Crippen LogP contribution in [0.4, 0.5) is 5.69 Å². The molecule has 2 amide bonds. The van der Waals surface area contributed by atoms with Crippen LogP contribution in [0, 0.1) is 5.92 Å². The normalized spacial score (nSPS) is 15.2. The third-order valence-corrected chi connectivity index (χ3v) is 4.54. The molecule has 0 radical (unpaired) electrons. The lowest BCUT2D eigenvalue weighted by molar-refractivity contribution is -0.123. The Morgan fingerprint density at radius 3 is 2.78 bits per heavy atom. The standard InChI is InChI=1S/C20H31N3O3.ClH/c1-14(2)12-20(3,13-21)23-19(25)5-4-10-26-16-7-8-17-15(11-16)6-9-18(24)22-17;/h7-8,11,14H,4-6,9-10,12-13,21H2,1-3H3,(H,22,24)(H,23,25);1H. The molecule has 1 heterocycles. The number of carbonyl (C=O) groups is 2. The zero-order chi connectivity index (χ0) is 19.2. The number of carbonyl (C=O) groups excluding carboxylic acids is 2. The molecule has 1 aromatic rings. The molecule has 1 atom stereocenters. The Balaban J connectivity index is 0.00000364. The first-order chi connectivity index (χ1) is 12.3. The molecule has 0 fully saturated rings. The highest BCUT2D eigenvalue weighted by Gasteiger charge is 2.25. The fourth-order valence-corrected chi connectivity index (χ4v) is 3.36. The van der Waals surface area contributed by atoms with Crippen molar-refractivity contribution in [3.63, 3.8) is 0 Å². The van der Waals surface area contributed by atoms with Crippen molar-refractivity contribution < 1.29 is 14.3 Å². The smallest absolute Gasteiger partial charge is 0.224 e. The summed E-state index contributed by atoms with van der Waals surface area (Å²) in [5.74, 6) is 1.31. The van der Waals surface area contributed by atoms with E-state index < -0.39 is 0 Å². The number of rotatable bonds is 9. The van der Waals surface area contributed by atoms with E-state index in [0.717, 1.165) is 29.8 Å². The average molecular weight is 398 g/mol. The highest BCUT2D eigenvalue weighted by Crippen LogP contribution is 2.26. The second-order valence-electron chi connectivity index (χ2n) is 7.73. The zero-order valence-electron chi connectivity index (χ0n) is 16.5. The SMILES string of the molecule is CC(C)CC(C)(CN)NC(=O)CCCOc1ccc2c(c1)CCC(=O)N2.Cl. The predicted molar refractivity (Wildman–Crippen MR) is 110 cm³/mol. The van der Waals surface area contributed by atoms with Crippen LogP contribution in [0.1, 0.15) is 52.0 Å². The highest BCUT2D eigenvalue weighted by molar-refractivity contribution is 5.94. The van der Waals surface area contributed by atoms with Crippen LogP contribution in [0.5, 0.6) is 5.75 Å². The Bertz CT molecular complexity index is 651. The summed E-state index contributed by atoms with van der Waals surface area (Å²) in [7, 11) is 0. The number of hydrogen-bond acceptors (Lipinski definition) is 4. The Morgan fingerprint density at radius 2 is 2.11 bits per heavy atom. The van der Waals surface area contributed by atoms with Crippen molar-refractivity contribution in [2.24, 2.45) is 11.7 Å². The second-order valence-corrected chi connectivity index (χ2v) is 7.73. The van der Waals surface area contributed by atoms with Crippen molar-refractivity contribution >= 4 is 29.9 Å². The van der Waals surface area contributed by atoms with Crippen molar-refractivity contribution in [2.75, 3.05) is 18.5 Å². The number of nitrogens with one attached hydrogen (secondary N) is 2. The van der Waals surface area contributed by atoms with E-state index in [1.165, 1.54) is 0 Å². The van der Waals surface area contributed by atoms with Crippen LogP contribution < -0.4 is 21.1 Å². The summed E-state index contributed by atoms with van der Waals surface area (Å²) in [5, 5.41) is 5.91. The quantitative estimate of drug-likeness (QED) is 0.558. The van der Waals surface area contributed by atoms with E-state index in [4.69, 9.17) is 10.5 Å². The number of nitrogens with two attached hydrogens (primary N) is 1. The third-order valence-electron chi connectivity index (χ3n) is 4.54. The van der Waals surface area contributed by atoms with Gasteiger partial charge >= 0.3 is 0 Å². The molecule has 1 aliphatic rings. The maximum Gasteiger partial charge on any atom is 0.224 e. The molecular formula is C20H32ClN3O3. The van der Waals surface area contributed by atoms with Gasteiger partial charge in [-0.05, 0) is 55.9 Å². The fourth-order valence-electron chi connectivity index (χ4n) is 3.36. The molecule has 27 heavy (non-hydrogen) atoms. The van der Waals surface area contributed by atoms with Gasteiger partial charge in [0.2, 0.25) is 11.8 Å². The molecule has 1 unspecified atom stereocenters. The van der Waals surface area contributed by atoms with Crippen LogP contribution in [0.2, 0.25) is 0 Å². The molecule has 1 aliphatic heterocycles. The number of fused-ring (bicyclic) bond motifs is 1. The van der Waals surface area contributed by atoms with Crippen LogP contribution in [-0.4, -0.2) is 30.5 Å². The summed E-state index contributed by atoms with van der Waals surface area (Å²) in [6.07, 6.45) is 3.15. The van der Waals surface area contributed by atoms with E-state index in [0.29, 0.717) is 38.3 Å². The van der Waals surface area contributed by atoms with Crippen molar-refractivity contribution in [1.82, 2.24) is 5.32 Å². The molecule has 2 rings (SSSR count). The highest BCUT2D eigenvalue weighted by atomic mass is 35.5. The first-order valence-corrected chi connectivity index (χ1v) is 9.38. The van der Waals surface area contributed by atoms with Gasteiger partial charge in [0.15, 0.2) is 0 Å². The molecule has 0 aliphatic carbocycles. The van der Waals surface area contributed by atoms with Crippen molar-refractivity contribution in [3.05, 3.63) is 23.8 Å². The maximum absolute atomic E-state index is 12.2. The Kier molecular flexibility index (Phi) is 9.06. The van der Waals surface area contributed by atoms with Gasteiger partial charge < -0.3 is 21.1 Å². The van der Waals surface area contributed by atoms with Gasteiger partial charge in [0.05, 0.1) is 6.61 Å². The zero-order valence-corrected chi connectivity index (χ0v) is 17.3. The summed E-state index contributed by atoms with van der Waals surface area (Å²) in [6.45, 7) is 7.14. The Hall–Kier alpha value is -1.79. The summed E-state index contributed by atoms with van der Waals surface area (Å²) in [6, 6.07) is 5.68. The average Bonchev–Trinajstić information content (AvgIpc) is 2.58. The molecule has 4 N–H and O–H groups in total. The van der Waals surface area contributed by atoms with Crippen LogP contribution in [0.25, 0.3) is 0 Å². The number of hydrogen-bond donors (Lipinski definition) is 3. The summed E-state index contributed by atoms with van der Waals surface area (Å²) < 4.78 is 5.75. The minimum atomic E-state index is -0.352. The van der Waals surface area contributed by atoms with Crippen molar-refractivity contribution in [3.8, 4) is 5.75 Å². The van der Waals surface area contributed by atoms with E-state index in [1.54, 1.807) is 0 Å². The van der Waals surface area contributed by atoms with E-state index in [-0.39, 0.29) is 29.8 Å². The second kappa shape index (κ2) is 10.5. The van der Waals surface area contributed by atoms with Crippen LogP contribution in [0.15, 0.2) is 18.2 Å². The molecule has 6 nitrogen and oxygen atoms in total. The first kappa shape index (κ1) is 23.2. The van der Waals surface area contributed by atoms with Gasteiger partial charge in [0.1, 0.15) is 5.75 Å². The van der Waals surface area contributed by atoms with Crippen LogP contribution in [-0.2, 0) is 16.0 Å².